The zero-order chi connectivity index (χ0) is 12.4. The molecule has 1 aromatic carbocycles. The Balaban J connectivity index is 1.78. The lowest BCUT2D eigenvalue weighted by Gasteiger charge is -2.29. The Kier molecular flexibility index (Phi) is 3.52. The molecule has 0 amide bonds. The monoisotopic (exact) mass is 247 g/mol. The fourth-order valence-corrected chi connectivity index (χ4v) is 3.04. The number of hydrogen-bond donors (Lipinski definition) is 1. The number of rotatable bonds is 3. The quantitative estimate of drug-likeness (QED) is 0.890. The van der Waals surface area contributed by atoms with Crippen molar-refractivity contribution >= 4 is 0 Å². The molecule has 2 aliphatic rings. The summed E-state index contributed by atoms with van der Waals surface area (Å²) in [4.78, 5) is 0. The second-order valence-electron chi connectivity index (χ2n) is 5.24. The van der Waals surface area contributed by atoms with E-state index in [1.165, 1.54) is 30.4 Å². The Morgan fingerprint density at radius 3 is 3.06 bits per heavy atom. The molecule has 2 atom stereocenters. The van der Waals surface area contributed by atoms with Crippen LogP contribution in [0.5, 0.6) is 5.75 Å². The fourth-order valence-electron chi connectivity index (χ4n) is 3.04. The maximum absolute atomic E-state index is 5.44. The summed E-state index contributed by atoms with van der Waals surface area (Å²) in [5.41, 5.74) is 2.89. The van der Waals surface area contributed by atoms with Gasteiger partial charge in [-0.05, 0) is 48.9 Å². The number of benzene rings is 1. The van der Waals surface area contributed by atoms with Gasteiger partial charge in [0, 0.05) is 18.7 Å². The fraction of sp³-hybridized carbons (Fsp3) is 0.600. The van der Waals surface area contributed by atoms with Gasteiger partial charge in [0.1, 0.15) is 5.75 Å². The first-order valence-corrected chi connectivity index (χ1v) is 6.87. The van der Waals surface area contributed by atoms with E-state index in [9.17, 15) is 0 Å². The SMILES string of the molecule is COc1ccc2c(c1)CCCC2NC1CCOC1. The average molecular weight is 247 g/mol. The molecule has 1 aliphatic carbocycles. The molecule has 18 heavy (non-hydrogen) atoms. The molecule has 0 aromatic heterocycles. The molecule has 1 aromatic rings. The van der Waals surface area contributed by atoms with Crippen LogP contribution < -0.4 is 10.1 Å². The number of ether oxygens (including phenoxy) is 2. The van der Waals surface area contributed by atoms with Gasteiger partial charge < -0.3 is 14.8 Å². The van der Waals surface area contributed by atoms with Crippen LogP contribution in [0.2, 0.25) is 0 Å². The summed E-state index contributed by atoms with van der Waals surface area (Å²) in [6, 6.07) is 7.51. The van der Waals surface area contributed by atoms with Crippen molar-refractivity contribution in [1.29, 1.82) is 0 Å². The third kappa shape index (κ3) is 2.38. The maximum atomic E-state index is 5.44. The van der Waals surface area contributed by atoms with E-state index in [1.807, 2.05) is 0 Å². The molecule has 3 heteroatoms. The summed E-state index contributed by atoms with van der Waals surface area (Å²) in [6.07, 6.45) is 4.80. The van der Waals surface area contributed by atoms with Crippen molar-refractivity contribution in [1.82, 2.24) is 5.32 Å². The average Bonchev–Trinajstić information content (AvgIpc) is 2.91. The van der Waals surface area contributed by atoms with Crippen molar-refractivity contribution in [2.75, 3.05) is 20.3 Å². The third-order valence-corrected chi connectivity index (χ3v) is 4.03. The zero-order valence-corrected chi connectivity index (χ0v) is 10.9. The van der Waals surface area contributed by atoms with Crippen molar-refractivity contribution < 1.29 is 9.47 Å². The smallest absolute Gasteiger partial charge is 0.119 e. The van der Waals surface area contributed by atoms with E-state index in [4.69, 9.17) is 9.47 Å². The van der Waals surface area contributed by atoms with Crippen LogP contribution in [0.25, 0.3) is 0 Å². The number of methoxy groups -OCH3 is 1. The first kappa shape index (κ1) is 12.0. The highest BCUT2D eigenvalue weighted by Crippen LogP contribution is 2.32. The van der Waals surface area contributed by atoms with Crippen molar-refractivity contribution in [2.45, 2.75) is 37.8 Å². The van der Waals surface area contributed by atoms with Gasteiger partial charge in [-0.2, -0.15) is 0 Å². The Labute approximate surface area is 108 Å². The van der Waals surface area contributed by atoms with Crippen molar-refractivity contribution in [3.63, 3.8) is 0 Å². The molecule has 1 N–H and O–H groups in total. The normalized spacial score (nSPS) is 26.9. The number of nitrogens with one attached hydrogen (secondary N) is 1. The molecule has 0 spiro atoms. The second kappa shape index (κ2) is 5.29. The predicted molar refractivity (Wildman–Crippen MR) is 71.0 cm³/mol. The molecule has 3 rings (SSSR count). The topological polar surface area (TPSA) is 30.5 Å². The van der Waals surface area contributed by atoms with Crippen LogP contribution in [0, 0.1) is 0 Å². The summed E-state index contributed by atoms with van der Waals surface area (Å²) >= 11 is 0. The van der Waals surface area contributed by atoms with Crippen molar-refractivity contribution in [3.05, 3.63) is 29.3 Å². The predicted octanol–water partition coefficient (Wildman–Crippen LogP) is 2.45. The molecule has 3 nitrogen and oxygen atoms in total. The lowest BCUT2D eigenvalue weighted by atomic mass is 9.87. The van der Waals surface area contributed by atoms with Crippen LogP contribution in [0.4, 0.5) is 0 Å². The minimum Gasteiger partial charge on any atom is -0.497 e. The standard InChI is InChI=1S/C15H21NO2/c1-17-13-5-6-14-11(9-13)3-2-4-15(14)16-12-7-8-18-10-12/h5-6,9,12,15-16H,2-4,7-8,10H2,1H3. The van der Waals surface area contributed by atoms with Gasteiger partial charge in [-0.3, -0.25) is 0 Å². The molecule has 98 valence electrons. The molecule has 0 radical (unpaired) electrons. The number of aryl methyl sites for hydroxylation is 1. The van der Waals surface area contributed by atoms with Crippen molar-refractivity contribution in [3.8, 4) is 5.75 Å². The van der Waals surface area contributed by atoms with Gasteiger partial charge in [-0.25, -0.2) is 0 Å². The molecule has 1 fully saturated rings. The highest BCUT2D eigenvalue weighted by molar-refractivity contribution is 5.39. The van der Waals surface area contributed by atoms with Gasteiger partial charge in [0.15, 0.2) is 0 Å². The lowest BCUT2D eigenvalue weighted by molar-refractivity contribution is 0.187. The van der Waals surface area contributed by atoms with Gasteiger partial charge in [0.2, 0.25) is 0 Å². The van der Waals surface area contributed by atoms with Gasteiger partial charge >= 0.3 is 0 Å². The number of fused-ring (bicyclic) bond motifs is 1. The van der Waals surface area contributed by atoms with E-state index in [0.717, 1.165) is 25.4 Å². The zero-order valence-electron chi connectivity index (χ0n) is 10.9. The lowest BCUT2D eigenvalue weighted by Crippen LogP contribution is -2.34. The van der Waals surface area contributed by atoms with Gasteiger partial charge in [0.25, 0.3) is 0 Å². The van der Waals surface area contributed by atoms with Crippen LogP contribution in [-0.2, 0) is 11.2 Å². The largest absolute Gasteiger partial charge is 0.497 e. The van der Waals surface area contributed by atoms with Crippen LogP contribution in [0.3, 0.4) is 0 Å². The van der Waals surface area contributed by atoms with Crippen LogP contribution in [0.1, 0.15) is 36.4 Å². The highest BCUT2D eigenvalue weighted by Gasteiger charge is 2.24. The van der Waals surface area contributed by atoms with Crippen LogP contribution in [-0.4, -0.2) is 26.4 Å². The molecule has 0 saturated carbocycles. The molecule has 2 unspecified atom stereocenters. The summed E-state index contributed by atoms with van der Waals surface area (Å²) in [7, 11) is 1.73. The molecule has 1 heterocycles. The highest BCUT2D eigenvalue weighted by atomic mass is 16.5. The Morgan fingerprint density at radius 2 is 2.28 bits per heavy atom. The van der Waals surface area contributed by atoms with E-state index >= 15 is 0 Å². The van der Waals surface area contributed by atoms with E-state index in [2.05, 4.69) is 23.5 Å². The van der Waals surface area contributed by atoms with E-state index in [1.54, 1.807) is 7.11 Å². The van der Waals surface area contributed by atoms with Gasteiger partial charge in [-0.1, -0.05) is 6.07 Å². The summed E-state index contributed by atoms with van der Waals surface area (Å²) in [5, 5.41) is 3.75. The Bertz CT molecular complexity index is 413. The van der Waals surface area contributed by atoms with Gasteiger partial charge in [0.05, 0.1) is 13.7 Å². The minimum absolute atomic E-state index is 0.492. The van der Waals surface area contributed by atoms with Crippen molar-refractivity contribution in [2.24, 2.45) is 0 Å². The van der Waals surface area contributed by atoms with Crippen LogP contribution >= 0.6 is 0 Å². The second-order valence-corrected chi connectivity index (χ2v) is 5.24. The number of hydrogen-bond acceptors (Lipinski definition) is 3. The Morgan fingerprint density at radius 1 is 1.33 bits per heavy atom. The summed E-state index contributed by atoms with van der Waals surface area (Å²) < 4.78 is 10.7. The van der Waals surface area contributed by atoms with E-state index in [0.29, 0.717) is 12.1 Å². The van der Waals surface area contributed by atoms with E-state index < -0.39 is 0 Å². The minimum atomic E-state index is 0.492. The maximum Gasteiger partial charge on any atom is 0.119 e. The van der Waals surface area contributed by atoms with Crippen LogP contribution in [0.15, 0.2) is 18.2 Å². The molecule has 0 bridgehead atoms. The first-order chi connectivity index (χ1) is 8.86. The molecule has 1 saturated heterocycles. The molecular formula is C15H21NO2. The summed E-state index contributed by atoms with van der Waals surface area (Å²) in [6.45, 7) is 1.77. The van der Waals surface area contributed by atoms with Gasteiger partial charge in [-0.15, -0.1) is 0 Å². The first-order valence-electron chi connectivity index (χ1n) is 6.87. The Hall–Kier alpha value is -1.06. The third-order valence-electron chi connectivity index (χ3n) is 4.03. The summed E-state index contributed by atoms with van der Waals surface area (Å²) in [5.74, 6) is 0.971. The van der Waals surface area contributed by atoms with E-state index in [-0.39, 0.29) is 0 Å². The molecular weight excluding hydrogens is 226 g/mol. The molecule has 1 aliphatic heterocycles.